The molecule has 0 aromatic carbocycles. The van der Waals surface area contributed by atoms with Crippen LogP contribution in [0.3, 0.4) is 0 Å². The molecule has 2 aromatic heterocycles. The van der Waals surface area contributed by atoms with Gasteiger partial charge in [-0.15, -0.1) is 11.3 Å². The fraction of sp³-hybridized carbons (Fsp3) is 0.556. The lowest BCUT2D eigenvalue weighted by Crippen LogP contribution is -2.56. The summed E-state index contributed by atoms with van der Waals surface area (Å²) >= 11 is 1.27. The van der Waals surface area contributed by atoms with Crippen LogP contribution in [-0.2, 0) is 11.8 Å². The van der Waals surface area contributed by atoms with E-state index in [2.05, 4.69) is 22.3 Å². The van der Waals surface area contributed by atoms with Crippen molar-refractivity contribution >= 4 is 23.2 Å². The zero-order valence-corrected chi connectivity index (χ0v) is 16.1. The number of hydrogen-bond acceptors (Lipinski definition) is 5. The van der Waals surface area contributed by atoms with Crippen molar-refractivity contribution in [1.29, 1.82) is 0 Å². The van der Waals surface area contributed by atoms with E-state index in [0.29, 0.717) is 34.3 Å². The van der Waals surface area contributed by atoms with E-state index in [1.165, 1.54) is 11.3 Å². The third-order valence-corrected chi connectivity index (χ3v) is 6.46. The number of thiazole rings is 1. The van der Waals surface area contributed by atoms with Crippen LogP contribution >= 0.6 is 11.3 Å². The van der Waals surface area contributed by atoms with Crippen molar-refractivity contribution < 1.29 is 14.7 Å². The summed E-state index contributed by atoms with van der Waals surface area (Å²) in [5.74, 6) is -0.760. The lowest BCUT2D eigenvalue weighted by atomic mass is 9.75. The van der Waals surface area contributed by atoms with E-state index in [0.717, 1.165) is 24.8 Å². The largest absolute Gasteiger partial charge is 0.480 e. The molecular weight excluding hydrogens is 352 g/mol. The Balaban J connectivity index is 1.80. The van der Waals surface area contributed by atoms with Crippen molar-refractivity contribution in [3.05, 3.63) is 23.0 Å². The van der Waals surface area contributed by atoms with Gasteiger partial charge >= 0.3 is 5.97 Å². The number of carbonyl (C=O) groups is 2. The van der Waals surface area contributed by atoms with Crippen LogP contribution in [0, 0.1) is 12.8 Å². The summed E-state index contributed by atoms with van der Waals surface area (Å²) in [7, 11) is 1.82. The highest BCUT2D eigenvalue weighted by molar-refractivity contribution is 7.17. The van der Waals surface area contributed by atoms with E-state index in [9.17, 15) is 14.7 Å². The highest BCUT2D eigenvalue weighted by Gasteiger charge is 2.43. The molecule has 1 saturated carbocycles. The lowest BCUT2D eigenvalue weighted by molar-refractivity contribution is -0.146. The molecule has 1 fully saturated rings. The monoisotopic (exact) mass is 376 g/mol. The molecule has 0 aliphatic heterocycles. The van der Waals surface area contributed by atoms with E-state index in [1.54, 1.807) is 17.8 Å². The van der Waals surface area contributed by atoms with Gasteiger partial charge in [0.05, 0.1) is 11.9 Å². The normalized spacial score (nSPS) is 23.0. The predicted octanol–water partition coefficient (Wildman–Crippen LogP) is 3.01. The Hall–Kier alpha value is -2.22. The molecule has 0 saturated heterocycles. The van der Waals surface area contributed by atoms with Gasteiger partial charge in [-0.2, -0.15) is 5.10 Å². The second-order valence-electron chi connectivity index (χ2n) is 7.03. The van der Waals surface area contributed by atoms with Crippen LogP contribution in [0.25, 0.3) is 10.6 Å². The minimum atomic E-state index is -1.17. The van der Waals surface area contributed by atoms with Gasteiger partial charge in [0.15, 0.2) is 0 Å². The number of carboxylic acid groups (broad SMARTS) is 1. The topological polar surface area (TPSA) is 97.1 Å². The van der Waals surface area contributed by atoms with Gasteiger partial charge in [-0.3, -0.25) is 9.48 Å². The van der Waals surface area contributed by atoms with Crippen LogP contribution in [0.15, 0.2) is 12.4 Å². The Morgan fingerprint density at radius 2 is 2.12 bits per heavy atom. The van der Waals surface area contributed by atoms with Crippen molar-refractivity contribution in [3.8, 4) is 10.6 Å². The van der Waals surface area contributed by atoms with Gasteiger partial charge in [-0.05, 0) is 38.5 Å². The smallest absolute Gasteiger partial charge is 0.329 e. The molecule has 1 aliphatic rings. The van der Waals surface area contributed by atoms with Crippen molar-refractivity contribution in [2.75, 3.05) is 0 Å². The number of nitrogens with zero attached hydrogens (tertiary/aromatic N) is 3. The first-order valence-electron chi connectivity index (χ1n) is 8.87. The third kappa shape index (κ3) is 3.51. The summed E-state index contributed by atoms with van der Waals surface area (Å²) in [5, 5.41) is 17.4. The Kier molecular flexibility index (Phi) is 5.13. The summed E-state index contributed by atoms with van der Waals surface area (Å²) in [6.07, 6.45) is 7.18. The molecule has 0 atom stereocenters. The number of hydrogen-bond donors (Lipinski definition) is 2. The first-order valence-corrected chi connectivity index (χ1v) is 9.68. The number of aryl methyl sites for hydroxylation is 2. The number of aromatic nitrogens is 3. The summed E-state index contributed by atoms with van der Waals surface area (Å²) in [6, 6.07) is 0. The molecule has 26 heavy (non-hydrogen) atoms. The standard InChI is InChI=1S/C18H24N4O3S/c1-4-12-5-7-18(8-6-12,17(24)25)21-15(23)14-11(2)20-16(26-14)13-9-19-22(3)10-13/h9-10,12H,4-8H2,1-3H3,(H,21,23)(H,24,25). The molecule has 2 heterocycles. The molecular formula is C18H24N4O3S. The van der Waals surface area contributed by atoms with Crippen LogP contribution in [0.2, 0.25) is 0 Å². The van der Waals surface area contributed by atoms with E-state index in [-0.39, 0.29) is 5.91 Å². The average molecular weight is 376 g/mol. The Morgan fingerprint density at radius 1 is 1.42 bits per heavy atom. The van der Waals surface area contributed by atoms with Gasteiger partial charge in [-0.25, -0.2) is 9.78 Å². The summed E-state index contributed by atoms with van der Waals surface area (Å²) in [4.78, 5) is 29.7. The minimum absolute atomic E-state index is 0.354. The first kappa shape index (κ1) is 18.6. The molecule has 3 rings (SSSR count). The average Bonchev–Trinajstić information content (AvgIpc) is 3.21. The Morgan fingerprint density at radius 3 is 2.65 bits per heavy atom. The van der Waals surface area contributed by atoms with Crippen LogP contribution in [0.5, 0.6) is 0 Å². The van der Waals surface area contributed by atoms with Crippen molar-refractivity contribution in [2.24, 2.45) is 13.0 Å². The summed E-state index contributed by atoms with van der Waals surface area (Å²) in [5.41, 5.74) is 0.276. The minimum Gasteiger partial charge on any atom is -0.480 e. The number of amides is 1. The van der Waals surface area contributed by atoms with E-state index >= 15 is 0 Å². The number of carbonyl (C=O) groups excluding carboxylic acids is 1. The number of rotatable bonds is 5. The van der Waals surface area contributed by atoms with Crippen LogP contribution < -0.4 is 5.32 Å². The molecule has 1 amide bonds. The van der Waals surface area contributed by atoms with E-state index in [1.807, 2.05) is 13.2 Å². The number of aliphatic carboxylic acids is 1. The van der Waals surface area contributed by atoms with E-state index < -0.39 is 11.5 Å². The zero-order valence-electron chi connectivity index (χ0n) is 15.3. The highest BCUT2D eigenvalue weighted by Crippen LogP contribution is 2.35. The van der Waals surface area contributed by atoms with Crippen LogP contribution in [0.1, 0.15) is 54.4 Å². The fourth-order valence-electron chi connectivity index (χ4n) is 3.51. The van der Waals surface area contributed by atoms with Crippen LogP contribution in [-0.4, -0.2) is 37.3 Å². The maximum Gasteiger partial charge on any atom is 0.329 e. The van der Waals surface area contributed by atoms with Gasteiger partial charge in [0.1, 0.15) is 15.4 Å². The summed E-state index contributed by atoms with van der Waals surface area (Å²) < 4.78 is 1.68. The van der Waals surface area contributed by atoms with Gasteiger partial charge in [0.2, 0.25) is 0 Å². The lowest BCUT2D eigenvalue weighted by Gasteiger charge is -2.37. The number of nitrogens with one attached hydrogen (secondary N) is 1. The van der Waals surface area contributed by atoms with Crippen molar-refractivity contribution in [1.82, 2.24) is 20.1 Å². The van der Waals surface area contributed by atoms with Gasteiger partial charge in [-0.1, -0.05) is 13.3 Å². The van der Waals surface area contributed by atoms with Crippen LogP contribution in [0.4, 0.5) is 0 Å². The molecule has 0 spiro atoms. The summed E-state index contributed by atoms with van der Waals surface area (Å²) in [6.45, 7) is 3.89. The molecule has 0 unspecified atom stereocenters. The molecule has 0 bridgehead atoms. The van der Waals surface area contributed by atoms with Gasteiger partial charge < -0.3 is 10.4 Å². The Labute approximate surface area is 156 Å². The molecule has 2 aromatic rings. The van der Waals surface area contributed by atoms with Gasteiger partial charge in [0, 0.05) is 18.8 Å². The molecule has 1 aliphatic carbocycles. The fourth-order valence-corrected chi connectivity index (χ4v) is 4.44. The maximum atomic E-state index is 12.8. The molecule has 140 valence electrons. The van der Waals surface area contributed by atoms with E-state index in [4.69, 9.17) is 0 Å². The molecule has 7 nitrogen and oxygen atoms in total. The SMILES string of the molecule is CCC1CCC(NC(=O)c2sc(-c3cnn(C)c3)nc2C)(C(=O)O)CC1. The zero-order chi connectivity index (χ0) is 18.9. The van der Waals surface area contributed by atoms with Crippen molar-refractivity contribution in [2.45, 2.75) is 51.5 Å². The first-order chi connectivity index (χ1) is 12.3. The van der Waals surface area contributed by atoms with Gasteiger partial charge in [0.25, 0.3) is 5.91 Å². The second-order valence-corrected chi connectivity index (χ2v) is 8.03. The molecule has 2 N–H and O–H groups in total. The van der Waals surface area contributed by atoms with Crippen molar-refractivity contribution in [3.63, 3.8) is 0 Å². The second kappa shape index (κ2) is 7.19. The molecule has 8 heteroatoms. The highest BCUT2D eigenvalue weighted by atomic mass is 32.1. The predicted molar refractivity (Wildman–Crippen MR) is 99.1 cm³/mol. The quantitative estimate of drug-likeness (QED) is 0.836. The maximum absolute atomic E-state index is 12.8. The third-order valence-electron chi connectivity index (χ3n) is 5.25. The molecule has 0 radical (unpaired) electrons. The Bertz CT molecular complexity index is 818. The number of carboxylic acids is 1.